The van der Waals surface area contributed by atoms with Gasteiger partial charge in [-0.15, -0.1) is 0 Å². The lowest BCUT2D eigenvalue weighted by Crippen LogP contribution is -2.34. The first-order chi connectivity index (χ1) is 8.15. The molecular formula is C13H18F2N2. The first-order valence-electron chi connectivity index (χ1n) is 6.05. The van der Waals surface area contributed by atoms with Gasteiger partial charge in [0.1, 0.15) is 0 Å². The summed E-state index contributed by atoms with van der Waals surface area (Å²) in [5.41, 5.74) is 0.831. The molecule has 1 fully saturated rings. The molecule has 1 aromatic rings. The SMILES string of the molecule is CC1CN(Cc2ccc(F)c(F)c2)CCCN1. The summed E-state index contributed by atoms with van der Waals surface area (Å²) < 4.78 is 25.9. The Labute approximate surface area is 101 Å². The van der Waals surface area contributed by atoms with Crippen molar-refractivity contribution in [3.63, 3.8) is 0 Å². The predicted molar refractivity (Wildman–Crippen MR) is 63.7 cm³/mol. The van der Waals surface area contributed by atoms with Crippen molar-refractivity contribution >= 4 is 0 Å². The highest BCUT2D eigenvalue weighted by Gasteiger charge is 2.14. The second kappa shape index (κ2) is 5.56. The number of nitrogens with zero attached hydrogens (tertiary/aromatic N) is 1. The normalized spacial score (nSPS) is 22.4. The molecule has 1 aromatic carbocycles. The second-order valence-electron chi connectivity index (χ2n) is 4.69. The summed E-state index contributed by atoms with van der Waals surface area (Å²) in [6.45, 7) is 5.79. The zero-order valence-electron chi connectivity index (χ0n) is 10.0. The molecule has 0 aliphatic carbocycles. The number of halogens is 2. The van der Waals surface area contributed by atoms with E-state index in [2.05, 4.69) is 17.1 Å². The van der Waals surface area contributed by atoms with E-state index in [0.29, 0.717) is 12.6 Å². The van der Waals surface area contributed by atoms with E-state index in [1.807, 2.05) is 0 Å². The molecule has 1 atom stereocenters. The molecule has 17 heavy (non-hydrogen) atoms. The van der Waals surface area contributed by atoms with Crippen LogP contribution in [0, 0.1) is 11.6 Å². The monoisotopic (exact) mass is 240 g/mol. The van der Waals surface area contributed by atoms with Gasteiger partial charge in [0.25, 0.3) is 0 Å². The maximum Gasteiger partial charge on any atom is 0.159 e. The third-order valence-corrected chi connectivity index (χ3v) is 3.07. The highest BCUT2D eigenvalue weighted by molar-refractivity contribution is 5.17. The number of hydrogen-bond acceptors (Lipinski definition) is 2. The zero-order chi connectivity index (χ0) is 12.3. The molecule has 1 heterocycles. The van der Waals surface area contributed by atoms with Crippen LogP contribution in [0.15, 0.2) is 18.2 Å². The summed E-state index contributed by atoms with van der Waals surface area (Å²) in [6, 6.07) is 4.59. The minimum absolute atomic E-state index is 0.447. The van der Waals surface area contributed by atoms with Gasteiger partial charge in [-0.25, -0.2) is 8.78 Å². The molecule has 1 unspecified atom stereocenters. The van der Waals surface area contributed by atoms with Crippen molar-refractivity contribution in [3.05, 3.63) is 35.4 Å². The van der Waals surface area contributed by atoms with Crippen LogP contribution < -0.4 is 5.32 Å². The third-order valence-electron chi connectivity index (χ3n) is 3.07. The summed E-state index contributed by atoms with van der Waals surface area (Å²) >= 11 is 0. The summed E-state index contributed by atoms with van der Waals surface area (Å²) in [5.74, 6) is -1.54. The van der Waals surface area contributed by atoms with Crippen LogP contribution >= 0.6 is 0 Å². The first-order valence-corrected chi connectivity index (χ1v) is 6.05. The summed E-state index contributed by atoms with van der Waals surface area (Å²) in [4.78, 5) is 2.28. The first kappa shape index (κ1) is 12.5. The average molecular weight is 240 g/mol. The topological polar surface area (TPSA) is 15.3 Å². The molecular weight excluding hydrogens is 222 g/mol. The Hall–Kier alpha value is -1.00. The van der Waals surface area contributed by atoms with Crippen LogP contribution in [0.4, 0.5) is 8.78 Å². The predicted octanol–water partition coefficient (Wildman–Crippen LogP) is 2.15. The third kappa shape index (κ3) is 3.48. The van der Waals surface area contributed by atoms with Crippen LogP contribution in [0.25, 0.3) is 0 Å². The van der Waals surface area contributed by atoms with Gasteiger partial charge in [0.2, 0.25) is 0 Å². The van der Waals surface area contributed by atoms with Gasteiger partial charge in [-0.05, 0) is 44.1 Å². The Balaban J connectivity index is 2.01. The van der Waals surface area contributed by atoms with E-state index in [-0.39, 0.29) is 0 Å². The van der Waals surface area contributed by atoms with Gasteiger partial charge in [-0.1, -0.05) is 6.07 Å². The van der Waals surface area contributed by atoms with Crippen molar-refractivity contribution in [1.82, 2.24) is 10.2 Å². The summed E-state index contributed by atoms with van der Waals surface area (Å²) in [7, 11) is 0. The minimum atomic E-state index is -0.778. The molecule has 0 spiro atoms. The van der Waals surface area contributed by atoms with Gasteiger partial charge in [0, 0.05) is 19.1 Å². The number of rotatable bonds is 2. The smallest absolute Gasteiger partial charge is 0.159 e. The van der Waals surface area contributed by atoms with Crippen molar-refractivity contribution < 1.29 is 8.78 Å². The van der Waals surface area contributed by atoms with Gasteiger partial charge in [0.05, 0.1) is 0 Å². The van der Waals surface area contributed by atoms with Crippen molar-refractivity contribution in [1.29, 1.82) is 0 Å². The Bertz CT molecular complexity index is 382. The lowest BCUT2D eigenvalue weighted by Gasteiger charge is -2.22. The molecule has 1 aliphatic heterocycles. The Morgan fingerprint density at radius 1 is 1.35 bits per heavy atom. The zero-order valence-corrected chi connectivity index (χ0v) is 10.0. The largest absolute Gasteiger partial charge is 0.313 e. The molecule has 0 amide bonds. The van der Waals surface area contributed by atoms with Crippen LogP contribution in [-0.2, 0) is 6.54 Å². The Morgan fingerprint density at radius 2 is 2.18 bits per heavy atom. The second-order valence-corrected chi connectivity index (χ2v) is 4.69. The fraction of sp³-hybridized carbons (Fsp3) is 0.538. The minimum Gasteiger partial charge on any atom is -0.313 e. The van der Waals surface area contributed by atoms with Gasteiger partial charge < -0.3 is 5.32 Å². The summed E-state index contributed by atoms with van der Waals surface area (Å²) in [6.07, 6.45) is 1.09. The molecule has 1 N–H and O–H groups in total. The Morgan fingerprint density at radius 3 is 2.94 bits per heavy atom. The van der Waals surface area contributed by atoms with E-state index in [0.717, 1.165) is 31.6 Å². The van der Waals surface area contributed by atoms with Crippen molar-refractivity contribution in [2.45, 2.75) is 25.9 Å². The average Bonchev–Trinajstić information content (AvgIpc) is 2.48. The molecule has 2 nitrogen and oxygen atoms in total. The van der Waals surface area contributed by atoms with E-state index >= 15 is 0 Å². The molecule has 0 radical (unpaired) electrons. The van der Waals surface area contributed by atoms with Crippen LogP contribution in [0.5, 0.6) is 0 Å². The molecule has 94 valence electrons. The van der Waals surface area contributed by atoms with E-state index < -0.39 is 11.6 Å². The lowest BCUT2D eigenvalue weighted by molar-refractivity contribution is 0.264. The standard InChI is InChI=1S/C13H18F2N2/c1-10-8-17(6-2-5-16-10)9-11-3-4-12(14)13(15)7-11/h3-4,7,10,16H,2,5-6,8-9H2,1H3. The van der Waals surface area contributed by atoms with Crippen molar-refractivity contribution in [2.75, 3.05) is 19.6 Å². The van der Waals surface area contributed by atoms with Crippen LogP contribution in [0.2, 0.25) is 0 Å². The molecule has 1 saturated heterocycles. The van der Waals surface area contributed by atoms with Gasteiger partial charge in [-0.3, -0.25) is 4.90 Å². The maximum atomic E-state index is 13.1. The molecule has 1 aliphatic rings. The van der Waals surface area contributed by atoms with Crippen LogP contribution in [0.1, 0.15) is 18.9 Å². The molecule has 4 heteroatoms. The lowest BCUT2D eigenvalue weighted by atomic mass is 10.2. The van der Waals surface area contributed by atoms with Gasteiger partial charge in [-0.2, -0.15) is 0 Å². The molecule has 0 aromatic heterocycles. The molecule has 2 rings (SSSR count). The van der Waals surface area contributed by atoms with E-state index in [4.69, 9.17) is 0 Å². The number of benzene rings is 1. The quantitative estimate of drug-likeness (QED) is 0.852. The van der Waals surface area contributed by atoms with E-state index in [1.54, 1.807) is 6.07 Å². The van der Waals surface area contributed by atoms with Gasteiger partial charge in [0.15, 0.2) is 11.6 Å². The van der Waals surface area contributed by atoms with Crippen molar-refractivity contribution in [2.24, 2.45) is 0 Å². The molecule has 0 saturated carbocycles. The van der Waals surface area contributed by atoms with Gasteiger partial charge >= 0.3 is 0 Å². The number of hydrogen-bond donors (Lipinski definition) is 1. The maximum absolute atomic E-state index is 13.1. The fourth-order valence-electron chi connectivity index (χ4n) is 2.23. The highest BCUT2D eigenvalue weighted by Crippen LogP contribution is 2.12. The number of nitrogens with one attached hydrogen (secondary N) is 1. The molecule has 0 bridgehead atoms. The summed E-state index contributed by atoms with van der Waals surface area (Å²) in [5, 5.41) is 3.40. The van der Waals surface area contributed by atoms with Crippen molar-refractivity contribution in [3.8, 4) is 0 Å². The van der Waals surface area contributed by atoms with E-state index in [1.165, 1.54) is 12.1 Å². The van der Waals surface area contributed by atoms with Crippen LogP contribution in [-0.4, -0.2) is 30.6 Å². The fourth-order valence-corrected chi connectivity index (χ4v) is 2.23. The van der Waals surface area contributed by atoms with E-state index in [9.17, 15) is 8.78 Å². The Kier molecular flexibility index (Phi) is 4.07. The van der Waals surface area contributed by atoms with Crippen LogP contribution in [0.3, 0.4) is 0 Å². The highest BCUT2D eigenvalue weighted by atomic mass is 19.2.